The molecule has 1 aliphatic rings. The molecule has 0 aromatic heterocycles. The van der Waals surface area contributed by atoms with Crippen molar-refractivity contribution in [2.45, 2.75) is 39.2 Å². The van der Waals surface area contributed by atoms with Crippen LogP contribution in [0.4, 0.5) is 0 Å². The Morgan fingerprint density at radius 1 is 1.28 bits per heavy atom. The Morgan fingerprint density at radius 3 is 2.72 bits per heavy atom. The number of hydrogen-bond acceptors (Lipinski definition) is 1. The molecule has 1 fully saturated rings. The van der Waals surface area contributed by atoms with E-state index in [1.807, 2.05) is 12.1 Å². The molecule has 2 rings (SSSR count). The van der Waals surface area contributed by atoms with Crippen molar-refractivity contribution in [1.82, 2.24) is 5.32 Å². The topological polar surface area (TPSA) is 12.0 Å². The van der Waals surface area contributed by atoms with Crippen molar-refractivity contribution in [3.8, 4) is 0 Å². The van der Waals surface area contributed by atoms with E-state index in [0.717, 1.165) is 29.8 Å². The van der Waals surface area contributed by atoms with Gasteiger partial charge in [-0.2, -0.15) is 0 Å². The highest BCUT2D eigenvalue weighted by Crippen LogP contribution is 2.36. The molecule has 1 saturated carbocycles. The molecule has 1 aromatic carbocycles. The summed E-state index contributed by atoms with van der Waals surface area (Å²) in [6.07, 6.45) is 3.64. The zero-order chi connectivity index (χ0) is 13.1. The fraction of sp³-hybridized carbons (Fsp3) is 0.600. The molecule has 3 atom stereocenters. The summed E-state index contributed by atoms with van der Waals surface area (Å²) < 4.78 is 0. The summed E-state index contributed by atoms with van der Waals surface area (Å²) in [4.78, 5) is 0. The molecule has 0 aliphatic heterocycles. The molecule has 0 radical (unpaired) electrons. The minimum absolute atomic E-state index is 0.672. The van der Waals surface area contributed by atoms with Crippen LogP contribution in [0.1, 0.15) is 32.3 Å². The standard InChI is InChI=1S/C15H21Cl2N/c1-3-18-15-7-5-11(10(15)2)8-12-4-6-13(16)9-14(12)17/h4,6,9-11,15,18H,3,5,7-8H2,1-2H3. The van der Waals surface area contributed by atoms with Gasteiger partial charge in [0.1, 0.15) is 0 Å². The van der Waals surface area contributed by atoms with E-state index in [2.05, 4.69) is 25.2 Å². The third kappa shape index (κ3) is 3.20. The summed E-state index contributed by atoms with van der Waals surface area (Å²) in [5.74, 6) is 1.45. The maximum atomic E-state index is 6.25. The summed E-state index contributed by atoms with van der Waals surface area (Å²) in [6.45, 7) is 5.59. The molecule has 0 spiro atoms. The van der Waals surface area contributed by atoms with Crippen LogP contribution in [0.2, 0.25) is 10.0 Å². The van der Waals surface area contributed by atoms with Crippen molar-refractivity contribution in [1.29, 1.82) is 0 Å². The van der Waals surface area contributed by atoms with E-state index in [0.29, 0.717) is 11.1 Å². The lowest BCUT2D eigenvalue weighted by Gasteiger charge is -2.21. The average molecular weight is 286 g/mol. The molecule has 100 valence electrons. The van der Waals surface area contributed by atoms with Crippen LogP contribution >= 0.6 is 23.2 Å². The van der Waals surface area contributed by atoms with Crippen LogP contribution in [0.5, 0.6) is 0 Å². The number of hydrogen-bond donors (Lipinski definition) is 1. The Hall–Kier alpha value is -0.240. The Labute approximate surface area is 120 Å². The van der Waals surface area contributed by atoms with E-state index in [4.69, 9.17) is 23.2 Å². The van der Waals surface area contributed by atoms with E-state index in [9.17, 15) is 0 Å². The van der Waals surface area contributed by atoms with E-state index >= 15 is 0 Å². The maximum absolute atomic E-state index is 6.25. The smallest absolute Gasteiger partial charge is 0.0452 e. The normalized spacial score (nSPS) is 27.7. The summed E-state index contributed by atoms with van der Waals surface area (Å²) in [5, 5.41) is 5.10. The lowest BCUT2D eigenvalue weighted by atomic mass is 9.89. The van der Waals surface area contributed by atoms with Gasteiger partial charge in [0.25, 0.3) is 0 Å². The Balaban J connectivity index is 2.02. The predicted octanol–water partition coefficient (Wildman–Crippen LogP) is 4.56. The summed E-state index contributed by atoms with van der Waals surface area (Å²) in [6, 6.07) is 6.52. The highest BCUT2D eigenvalue weighted by molar-refractivity contribution is 6.35. The fourth-order valence-electron chi connectivity index (χ4n) is 3.06. The van der Waals surface area contributed by atoms with Crippen molar-refractivity contribution >= 4 is 23.2 Å². The summed E-state index contributed by atoms with van der Waals surface area (Å²) in [5.41, 5.74) is 1.23. The van der Waals surface area contributed by atoms with Crippen LogP contribution in [0, 0.1) is 11.8 Å². The average Bonchev–Trinajstić information content (AvgIpc) is 2.66. The number of nitrogens with one attached hydrogen (secondary N) is 1. The Kier molecular flexibility index (Phi) is 4.94. The first-order valence-corrected chi connectivity index (χ1v) is 7.54. The number of benzene rings is 1. The van der Waals surface area contributed by atoms with Crippen molar-refractivity contribution in [3.63, 3.8) is 0 Å². The largest absolute Gasteiger partial charge is 0.314 e. The van der Waals surface area contributed by atoms with Gasteiger partial charge in [-0.15, -0.1) is 0 Å². The molecule has 0 bridgehead atoms. The lowest BCUT2D eigenvalue weighted by molar-refractivity contribution is 0.355. The van der Waals surface area contributed by atoms with Gasteiger partial charge in [0, 0.05) is 16.1 Å². The molecule has 1 N–H and O–H groups in total. The second kappa shape index (κ2) is 6.27. The van der Waals surface area contributed by atoms with Gasteiger partial charge in [0.2, 0.25) is 0 Å². The van der Waals surface area contributed by atoms with E-state index in [-0.39, 0.29) is 0 Å². The summed E-state index contributed by atoms with van der Waals surface area (Å²) >= 11 is 12.2. The molecular weight excluding hydrogens is 265 g/mol. The number of rotatable bonds is 4. The molecule has 18 heavy (non-hydrogen) atoms. The van der Waals surface area contributed by atoms with Gasteiger partial charge in [0.15, 0.2) is 0 Å². The maximum Gasteiger partial charge on any atom is 0.0452 e. The van der Waals surface area contributed by atoms with Crippen molar-refractivity contribution in [2.75, 3.05) is 6.54 Å². The molecule has 3 unspecified atom stereocenters. The van der Waals surface area contributed by atoms with Gasteiger partial charge >= 0.3 is 0 Å². The second-order valence-electron chi connectivity index (χ2n) is 5.30. The third-order valence-corrected chi connectivity index (χ3v) is 4.78. The van der Waals surface area contributed by atoms with Gasteiger partial charge in [0.05, 0.1) is 0 Å². The minimum atomic E-state index is 0.672. The SMILES string of the molecule is CCNC1CCC(Cc2ccc(Cl)cc2Cl)C1C. The minimum Gasteiger partial charge on any atom is -0.314 e. The number of halogens is 2. The molecule has 0 heterocycles. The molecular formula is C15H21Cl2N. The Bertz CT molecular complexity index is 405. The van der Waals surface area contributed by atoms with Gasteiger partial charge in [-0.05, 0) is 55.3 Å². The molecule has 0 saturated heterocycles. The molecule has 1 aromatic rings. The highest BCUT2D eigenvalue weighted by Gasteiger charge is 2.32. The predicted molar refractivity (Wildman–Crippen MR) is 79.5 cm³/mol. The molecule has 1 aliphatic carbocycles. The van der Waals surface area contributed by atoms with Crippen LogP contribution in [0.3, 0.4) is 0 Å². The van der Waals surface area contributed by atoms with E-state index in [1.165, 1.54) is 18.4 Å². The van der Waals surface area contributed by atoms with Gasteiger partial charge < -0.3 is 5.32 Å². The third-order valence-electron chi connectivity index (χ3n) is 4.19. The van der Waals surface area contributed by atoms with Crippen LogP contribution in [0.15, 0.2) is 18.2 Å². The van der Waals surface area contributed by atoms with E-state index < -0.39 is 0 Å². The van der Waals surface area contributed by atoms with Crippen LogP contribution in [-0.2, 0) is 6.42 Å². The van der Waals surface area contributed by atoms with Crippen LogP contribution in [0.25, 0.3) is 0 Å². The first-order valence-electron chi connectivity index (χ1n) is 6.79. The monoisotopic (exact) mass is 285 g/mol. The molecule has 1 nitrogen and oxygen atoms in total. The second-order valence-corrected chi connectivity index (χ2v) is 6.14. The van der Waals surface area contributed by atoms with E-state index in [1.54, 1.807) is 0 Å². The van der Waals surface area contributed by atoms with Crippen molar-refractivity contribution in [3.05, 3.63) is 33.8 Å². The highest BCUT2D eigenvalue weighted by atomic mass is 35.5. The lowest BCUT2D eigenvalue weighted by Crippen LogP contribution is -2.32. The fourth-order valence-corrected chi connectivity index (χ4v) is 3.54. The molecule has 0 amide bonds. The first kappa shape index (κ1) is 14.2. The van der Waals surface area contributed by atoms with Gasteiger partial charge in [-0.3, -0.25) is 0 Å². The zero-order valence-electron chi connectivity index (χ0n) is 11.0. The van der Waals surface area contributed by atoms with Gasteiger partial charge in [-0.25, -0.2) is 0 Å². The zero-order valence-corrected chi connectivity index (χ0v) is 12.6. The van der Waals surface area contributed by atoms with Crippen molar-refractivity contribution in [2.24, 2.45) is 11.8 Å². The Morgan fingerprint density at radius 2 is 2.06 bits per heavy atom. The van der Waals surface area contributed by atoms with Crippen molar-refractivity contribution < 1.29 is 0 Å². The van der Waals surface area contributed by atoms with Gasteiger partial charge in [-0.1, -0.05) is 43.1 Å². The summed E-state index contributed by atoms with van der Waals surface area (Å²) in [7, 11) is 0. The molecule has 3 heteroatoms. The van der Waals surface area contributed by atoms with Crippen LogP contribution < -0.4 is 5.32 Å². The quantitative estimate of drug-likeness (QED) is 0.855. The van der Waals surface area contributed by atoms with Crippen LogP contribution in [-0.4, -0.2) is 12.6 Å². The first-order chi connectivity index (χ1) is 8.61.